The van der Waals surface area contributed by atoms with E-state index < -0.39 is 5.97 Å². The summed E-state index contributed by atoms with van der Waals surface area (Å²) >= 11 is 0. The summed E-state index contributed by atoms with van der Waals surface area (Å²) in [6.07, 6.45) is 3.79. The molecule has 0 radical (unpaired) electrons. The summed E-state index contributed by atoms with van der Waals surface area (Å²) in [7, 11) is 0. The van der Waals surface area contributed by atoms with E-state index in [1.54, 1.807) is 6.92 Å². The lowest BCUT2D eigenvalue weighted by Gasteiger charge is -2.10. The lowest BCUT2D eigenvalue weighted by atomic mass is 9.96. The summed E-state index contributed by atoms with van der Waals surface area (Å²) < 4.78 is 5.55. The van der Waals surface area contributed by atoms with Gasteiger partial charge in [0.15, 0.2) is 0 Å². The summed E-state index contributed by atoms with van der Waals surface area (Å²) in [5, 5.41) is 8.91. The van der Waals surface area contributed by atoms with E-state index >= 15 is 0 Å². The van der Waals surface area contributed by atoms with Crippen LogP contribution in [-0.4, -0.2) is 17.7 Å². The minimum Gasteiger partial charge on any atom is -0.490 e. The smallest absolute Gasteiger partial charge is 0.304 e. The number of carboxylic acid groups (broad SMARTS) is 1. The van der Waals surface area contributed by atoms with Crippen molar-refractivity contribution in [2.75, 3.05) is 6.61 Å². The molecule has 1 N–H and O–H groups in total. The van der Waals surface area contributed by atoms with Gasteiger partial charge in [0.25, 0.3) is 0 Å². The number of carboxylic acids is 1. The van der Waals surface area contributed by atoms with Gasteiger partial charge in [0.2, 0.25) is 0 Å². The molecule has 1 aromatic rings. The predicted molar refractivity (Wildman–Crippen MR) is 84.3 cm³/mol. The predicted octanol–water partition coefficient (Wildman–Crippen LogP) is 3.78. The van der Waals surface area contributed by atoms with E-state index in [2.05, 4.69) is 18.4 Å². The molecule has 110 valence electrons. The normalized spacial score (nSPS) is 11.5. The van der Waals surface area contributed by atoms with Crippen LogP contribution in [0, 0.1) is 11.8 Å². The average molecular weight is 284 g/mol. The third-order valence-corrected chi connectivity index (χ3v) is 2.73. The topological polar surface area (TPSA) is 46.5 Å². The molecule has 0 fully saturated rings. The summed E-state index contributed by atoms with van der Waals surface area (Å²) in [5.41, 5.74) is 1.86. The molecule has 3 heteroatoms. The number of hydrogen-bond donors (Lipinski definition) is 1. The SMILES string of the molecule is C=C(C)/C=C/COc1ccc([C@@H](C#CC)CC(=O)O)cc1. The first-order valence-electron chi connectivity index (χ1n) is 6.71. The van der Waals surface area contributed by atoms with Crippen LogP contribution in [0.2, 0.25) is 0 Å². The molecule has 3 nitrogen and oxygen atoms in total. The van der Waals surface area contributed by atoms with Crippen molar-refractivity contribution in [1.29, 1.82) is 0 Å². The fourth-order valence-corrected chi connectivity index (χ4v) is 1.79. The molecule has 0 aromatic heterocycles. The maximum Gasteiger partial charge on any atom is 0.304 e. The monoisotopic (exact) mass is 284 g/mol. The molecule has 0 aliphatic carbocycles. The molecule has 21 heavy (non-hydrogen) atoms. The van der Waals surface area contributed by atoms with Crippen LogP contribution in [0.3, 0.4) is 0 Å². The lowest BCUT2D eigenvalue weighted by Crippen LogP contribution is -2.04. The number of ether oxygens (including phenoxy) is 1. The van der Waals surface area contributed by atoms with E-state index in [1.807, 2.05) is 43.3 Å². The van der Waals surface area contributed by atoms with E-state index in [9.17, 15) is 4.79 Å². The fraction of sp³-hybridized carbons (Fsp3) is 0.278. The van der Waals surface area contributed by atoms with Gasteiger partial charge in [-0.05, 0) is 37.6 Å². The van der Waals surface area contributed by atoms with Crippen molar-refractivity contribution in [2.45, 2.75) is 26.2 Å². The summed E-state index contributed by atoms with van der Waals surface area (Å²) in [6.45, 7) is 7.87. The first-order chi connectivity index (χ1) is 10.0. The Labute approximate surface area is 126 Å². The van der Waals surface area contributed by atoms with E-state index in [0.717, 1.165) is 16.9 Å². The van der Waals surface area contributed by atoms with Crippen LogP contribution in [0.25, 0.3) is 0 Å². The van der Waals surface area contributed by atoms with Crippen LogP contribution in [0.15, 0.2) is 48.6 Å². The quantitative estimate of drug-likeness (QED) is 0.612. The Bertz CT molecular complexity index is 571. The van der Waals surface area contributed by atoms with E-state index in [0.29, 0.717) is 6.61 Å². The lowest BCUT2D eigenvalue weighted by molar-refractivity contribution is -0.137. The summed E-state index contributed by atoms with van der Waals surface area (Å²) in [4.78, 5) is 10.8. The first-order valence-corrected chi connectivity index (χ1v) is 6.71. The molecule has 0 spiro atoms. The number of rotatable bonds is 7. The van der Waals surface area contributed by atoms with Crippen molar-refractivity contribution in [3.8, 4) is 17.6 Å². The molecular formula is C18H20O3. The van der Waals surface area contributed by atoms with E-state index in [-0.39, 0.29) is 12.3 Å². The van der Waals surface area contributed by atoms with Gasteiger partial charge >= 0.3 is 5.97 Å². The molecule has 0 heterocycles. The van der Waals surface area contributed by atoms with Crippen molar-refractivity contribution >= 4 is 5.97 Å². The van der Waals surface area contributed by atoms with Crippen molar-refractivity contribution < 1.29 is 14.6 Å². The Balaban J connectivity index is 2.68. The zero-order chi connectivity index (χ0) is 15.7. The molecule has 0 saturated heterocycles. The largest absolute Gasteiger partial charge is 0.490 e. The number of allylic oxidation sites excluding steroid dienone is 2. The Hall–Kier alpha value is -2.47. The maximum absolute atomic E-state index is 10.8. The van der Waals surface area contributed by atoms with Crippen molar-refractivity contribution in [3.63, 3.8) is 0 Å². The zero-order valence-electron chi connectivity index (χ0n) is 12.4. The summed E-state index contributed by atoms with van der Waals surface area (Å²) in [5.74, 6) is 5.30. The second-order valence-corrected chi connectivity index (χ2v) is 4.67. The minimum atomic E-state index is -0.854. The number of carbonyl (C=O) groups is 1. The van der Waals surface area contributed by atoms with Gasteiger partial charge < -0.3 is 9.84 Å². The highest BCUT2D eigenvalue weighted by Gasteiger charge is 2.12. The minimum absolute atomic E-state index is 0.00237. The molecule has 1 rings (SSSR count). The van der Waals surface area contributed by atoms with Crippen molar-refractivity contribution in [2.24, 2.45) is 0 Å². The maximum atomic E-state index is 10.8. The third kappa shape index (κ3) is 6.49. The molecule has 0 unspecified atom stereocenters. The van der Waals surface area contributed by atoms with Gasteiger partial charge in [-0.2, -0.15) is 0 Å². The van der Waals surface area contributed by atoms with Gasteiger partial charge in [0, 0.05) is 0 Å². The van der Waals surface area contributed by atoms with Crippen molar-refractivity contribution in [3.05, 3.63) is 54.1 Å². The molecule has 0 amide bonds. The summed E-state index contributed by atoms with van der Waals surface area (Å²) in [6, 6.07) is 7.37. The highest BCUT2D eigenvalue weighted by atomic mass is 16.5. The second-order valence-electron chi connectivity index (χ2n) is 4.67. The van der Waals surface area contributed by atoms with Gasteiger partial charge in [-0.15, -0.1) is 5.92 Å². The van der Waals surface area contributed by atoms with E-state index in [1.165, 1.54) is 0 Å². The Kier molecular flexibility index (Phi) is 6.83. The number of aliphatic carboxylic acids is 1. The zero-order valence-corrected chi connectivity index (χ0v) is 12.4. The first kappa shape index (κ1) is 16.6. The molecule has 1 aromatic carbocycles. The third-order valence-electron chi connectivity index (χ3n) is 2.73. The Morgan fingerprint density at radius 3 is 2.62 bits per heavy atom. The van der Waals surface area contributed by atoms with Crippen LogP contribution >= 0.6 is 0 Å². The van der Waals surface area contributed by atoms with E-state index in [4.69, 9.17) is 9.84 Å². The van der Waals surface area contributed by atoms with Gasteiger partial charge in [-0.25, -0.2) is 0 Å². The molecule has 1 atom stereocenters. The molecule has 0 aliphatic heterocycles. The highest BCUT2D eigenvalue weighted by molar-refractivity contribution is 5.69. The van der Waals surface area contributed by atoms with Gasteiger partial charge in [-0.1, -0.05) is 36.3 Å². The second kappa shape index (κ2) is 8.65. The van der Waals surface area contributed by atoms with Crippen LogP contribution in [-0.2, 0) is 4.79 Å². The molecule has 0 aliphatic rings. The van der Waals surface area contributed by atoms with Gasteiger partial charge in [0.05, 0.1) is 12.3 Å². The van der Waals surface area contributed by atoms with Gasteiger partial charge in [-0.3, -0.25) is 4.79 Å². The van der Waals surface area contributed by atoms with Crippen LogP contribution in [0.1, 0.15) is 31.7 Å². The van der Waals surface area contributed by atoms with Crippen LogP contribution < -0.4 is 4.74 Å². The Morgan fingerprint density at radius 1 is 1.43 bits per heavy atom. The molecule has 0 bridgehead atoms. The average Bonchev–Trinajstić information content (AvgIpc) is 2.43. The van der Waals surface area contributed by atoms with Crippen LogP contribution in [0.5, 0.6) is 5.75 Å². The fourth-order valence-electron chi connectivity index (χ4n) is 1.79. The molecular weight excluding hydrogens is 264 g/mol. The number of benzene rings is 1. The van der Waals surface area contributed by atoms with Gasteiger partial charge in [0.1, 0.15) is 12.4 Å². The van der Waals surface area contributed by atoms with Crippen molar-refractivity contribution in [1.82, 2.24) is 0 Å². The van der Waals surface area contributed by atoms with Crippen LogP contribution in [0.4, 0.5) is 0 Å². The molecule has 0 saturated carbocycles. The standard InChI is InChI=1S/C18H20O3/c1-4-6-16(13-18(19)20)15-8-10-17(11-9-15)21-12-5-7-14(2)3/h5,7-11,16H,2,12-13H2,1,3H3,(H,19,20)/b7-5+/t16-/m0/s1. The highest BCUT2D eigenvalue weighted by Crippen LogP contribution is 2.22. The Morgan fingerprint density at radius 2 is 2.10 bits per heavy atom. The number of hydrogen-bond acceptors (Lipinski definition) is 2.